The summed E-state index contributed by atoms with van der Waals surface area (Å²) in [4.78, 5) is 23.1. The second-order valence-electron chi connectivity index (χ2n) is 7.45. The Hall–Kier alpha value is -2.22. The largest absolute Gasteiger partial charge is 0.291 e. The molecule has 0 unspecified atom stereocenters. The van der Waals surface area contributed by atoms with E-state index in [1.54, 1.807) is 62.4 Å². The van der Waals surface area contributed by atoms with Gasteiger partial charge in [-0.25, -0.2) is 0 Å². The van der Waals surface area contributed by atoms with Crippen LogP contribution in [0.1, 0.15) is 37.1 Å². The average Bonchev–Trinajstić information content (AvgIpc) is 2.60. The summed E-state index contributed by atoms with van der Waals surface area (Å²) in [5.74, 6) is 0. The molecule has 0 amide bonds. The van der Waals surface area contributed by atoms with Crippen molar-refractivity contribution in [3.8, 4) is 0 Å². The van der Waals surface area contributed by atoms with Crippen LogP contribution in [0.2, 0.25) is 10.0 Å². The molecule has 1 saturated heterocycles. The van der Waals surface area contributed by atoms with Gasteiger partial charge in [0.2, 0.25) is 12.1 Å². The van der Waals surface area contributed by atoms with Gasteiger partial charge in [0, 0.05) is 19.9 Å². The van der Waals surface area contributed by atoms with Crippen LogP contribution in [0.3, 0.4) is 0 Å². The Balaban J connectivity index is 2.21. The van der Waals surface area contributed by atoms with Gasteiger partial charge in [-0.2, -0.15) is 0 Å². The van der Waals surface area contributed by atoms with Crippen molar-refractivity contribution in [3.63, 3.8) is 0 Å². The molecule has 148 valence electrons. The number of halogens is 2. The minimum Gasteiger partial charge on any atom is -0.291 e. The van der Waals surface area contributed by atoms with Crippen molar-refractivity contribution in [1.82, 2.24) is 5.32 Å². The summed E-state index contributed by atoms with van der Waals surface area (Å²) in [7, 11) is 0. The zero-order chi connectivity index (χ0) is 20.6. The predicted molar refractivity (Wildman–Crippen MR) is 107 cm³/mol. The third-order valence-corrected chi connectivity index (χ3v) is 6.14. The lowest BCUT2D eigenvalue weighted by atomic mass is 9.66. The van der Waals surface area contributed by atoms with E-state index in [2.05, 4.69) is 5.32 Å². The maximum Gasteiger partial charge on any atom is 0.244 e. The normalized spacial score (nSPS) is 26.6. The molecule has 1 N–H and O–H groups in total. The summed E-state index contributed by atoms with van der Waals surface area (Å²) in [5, 5.41) is 27.9. The average molecular weight is 424 g/mol. The molecule has 0 spiro atoms. The predicted octanol–water partition coefficient (Wildman–Crippen LogP) is 4.70. The van der Waals surface area contributed by atoms with E-state index in [1.807, 2.05) is 0 Å². The fourth-order valence-corrected chi connectivity index (χ4v) is 4.68. The third kappa shape index (κ3) is 3.45. The van der Waals surface area contributed by atoms with Gasteiger partial charge in [0.05, 0.1) is 0 Å². The number of piperidine rings is 1. The number of nitrogens with zero attached hydrogens (tertiary/aromatic N) is 2. The first-order valence-electron chi connectivity index (χ1n) is 8.68. The number of hydrogen-bond donors (Lipinski definition) is 1. The van der Waals surface area contributed by atoms with E-state index in [-0.39, 0.29) is 0 Å². The zero-order valence-electron chi connectivity index (χ0n) is 15.2. The zero-order valence-corrected chi connectivity index (χ0v) is 16.7. The molecule has 0 aromatic heterocycles. The Kier molecular flexibility index (Phi) is 5.61. The minimum atomic E-state index is -1.29. The van der Waals surface area contributed by atoms with Crippen molar-refractivity contribution < 1.29 is 9.85 Å². The molecule has 2 aromatic rings. The molecule has 28 heavy (non-hydrogen) atoms. The number of benzene rings is 2. The van der Waals surface area contributed by atoms with Crippen molar-refractivity contribution >= 4 is 23.2 Å². The van der Waals surface area contributed by atoms with Crippen LogP contribution in [0.25, 0.3) is 0 Å². The summed E-state index contributed by atoms with van der Waals surface area (Å²) < 4.78 is 0. The van der Waals surface area contributed by atoms with Crippen molar-refractivity contribution in [2.75, 3.05) is 0 Å². The molecule has 0 bridgehead atoms. The van der Waals surface area contributed by atoms with E-state index in [0.717, 1.165) is 0 Å². The molecule has 7 nitrogen and oxygen atoms in total. The maximum atomic E-state index is 12.0. The lowest BCUT2D eigenvalue weighted by Crippen LogP contribution is -2.63. The van der Waals surface area contributed by atoms with Gasteiger partial charge in [-0.1, -0.05) is 59.6 Å². The van der Waals surface area contributed by atoms with Gasteiger partial charge in [0.15, 0.2) is 0 Å². The first kappa shape index (κ1) is 20.5. The molecule has 4 atom stereocenters. The number of nitro groups is 2. The summed E-state index contributed by atoms with van der Waals surface area (Å²) >= 11 is 12.6. The maximum absolute atomic E-state index is 12.0. The van der Waals surface area contributed by atoms with Gasteiger partial charge in [0.25, 0.3) is 0 Å². The molecule has 2 aromatic carbocycles. The van der Waals surface area contributed by atoms with E-state index in [9.17, 15) is 20.2 Å². The first-order chi connectivity index (χ1) is 13.2. The van der Waals surface area contributed by atoms with E-state index >= 15 is 0 Å². The monoisotopic (exact) mass is 423 g/mol. The van der Waals surface area contributed by atoms with Crippen molar-refractivity contribution in [1.29, 1.82) is 0 Å². The van der Waals surface area contributed by atoms with Crippen molar-refractivity contribution in [3.05, 3.63) is 89.9 Å². The topological polar surface area (TPSA) is 98.3 Å². The van der Waals surface area contributed by atoms with Crippen molar-refractivity contribution in [2.24, 2.45) is 5.41 Å². The highest BCUT2D eigenvalue weighted by molar-refractivity contribution is 6.31. The molecule has 9 heteroatoms. The van der Waals surface area contributed by atoms with Crippen LogP contribution in [-0.2, 0) is 0 Å². The lowest BCUT2D eigenvalue weighted by molar-refractivity contribution is -0.605. The highest BCUT2D eigenvalue weighted by Crippen LogP contribution is 2.48. The molecular formula is C19H19Cl2N3O4. The van der Waals surface area contributed by atoms with Crippen LogP contribution in [0.5, 0.6) is 0 Å². The molecule has 1 heterocycles. The Morgan fingerprint density at radius 2 is 1.18 bits per heavy atom. The molecule has 3 rings (SSSR count). The lowest BCUT2D eigenvalue weighted by Gasteiger charge is -2.44. The van der Waals surface area contributed by atoms with E-state index in [0.29, 0.717) is 21.2 Å². The van der Waals surface area contributed by atoms with Gasteiger partial charge in [-0.05, 0) is 37.1 Å². The second kappa shape index (κ2) is 7.66. The summed E-state index contributed by atoms with van der Waals surface area (Å²) in [5.41, 5.74) is -0.234. The standard InChI is InChI=1S/C19H19Cl2N3O4/c1-19(2)17(23(25)26)15(11-7-3-5-9-13(11)20)22-16(18(19)24(27)28)12-8-4-6-10-14(12)21/h3-10,15-18,22H,1-2H3/t15-,16-,17+,18+/m1/s1. The highest BCUT2D eigenvalue weighted by atomic mass is 35.5. The van der Waals surface area contributed by atoms with Crippen LogP contribution >= 0.6 is 23.2 Å². The van der Waals surface area contributed by atoms with Crippen LogP contribution in [0, 0.1) is 25.6 Å². The van der Waals surface area contributed by atoms with Crippen LogP contribution in [-0.4, -0.2) is 21.9 Å². The summed E-state index contributed by atoms with van der Waals surface area (Å²) in [6, 6.07) is 9.44. The molecule has 0 radical (unpaired) electrons. The van der Waals surface area contributed by atoms with E-state index < -0.39 is 39.4 Å². The summed E-state index contributed by atoms with van der Waals surface area (Å²) in [6.45, 7) is 3.12. The van der Waals surface area contributed by atoms with E-state index in [4.69, 9.17) is 23.2 Å². The second-order valence-corrected chi connectivity index (χ2v) is 8.26. The Labute approximate surface area is 171 Å². The fourth-order valence-electron chi connectivity index (χ4n) is 4.17. The van der Waals surface area contributed by atoms with E-state index in [1.165, 1.54) is 0 Å². The molecule has 1 aliphatic rings. The van der Waals surface area contributed by atoms with Crippen LogP contribution < -0.4 is 5.32 Å². The third-order valence-electron chi connectivity index (χ3n) is 5.45. The smallest absolute Gasteiger partial charge is 0.244 e. The number of hydrogen-bond acceptors (Lipinski definition) is 5. The van der Waals surface area contributed by atoms with Gasteiger partial charge in [-0.3, -0.25) is 25.5 Å². The fraction of sp³-hybridized carbons (Fsp3) is 0.368. The minimum absolute atomic E-state index is 0.361. The Morgan fingerprint density at radius 1 is 0.821 bits per heavy atom. The molecule has 1 aliphatic heterocycles. The Morgan fingerprint density at radius 3 is 1.50 bits per heavy atom. The molecule has 1 fully saturated rings. The quantitative estimate of drug-likeness (QED) is 0.567. The highest BCUT2D eigenvalue weighted by Gasteiger charge is 2.63. The SMILES string of the molecule is CC1(C)[C@@H]([N+](=O)[O-])[C@@H](c2ccccc2Cl)N[C@H](c2ccccc2Cl)[C@@H]1[N+](=O)[O-]. The van der Waals surface area contributed by atoms with Crippen LogP contribution in [0.15, 0.2) is 48.5 Å². The van der Waals surface area contributed by atoms with Gasteiger partial charge in [0.1, 0.15) is 17.5 Å². The molecular weight excluding hydrogens is 405 g/mol. The first-order valence-corrected chi connectivity index (χ1v) is 9.43. The molecule has 0 saturated carbocycles. The molecule has 0 aliphatic carbocycles. The van der Waals surface area contributed by atoms with Gasteiger partial charge < -0.3 is 0 Å². The van der Waals surface area contributed by atoms with Gasteiger partial charge in [-0.15, -0.1) is 0 Å². The van der Waals surface area contributed by atoms with Crippen LogP contribution in [0.4, 0.5) is 0 Å². The van der Waals surface area contributed by atoms with Crippen molar-refractivity contribution in [2.45, 2.75) is 38.0 Å². The Bertz CT molecular complexity index is 850. The summed E-state index contributed by atoms with van der Waals surface area (Å²) in [6.07, 6.45) is 0. The number of nitrogens with one attached hydrogen (secondary N) is 1. The number of rotatable bonds is 4. The van der Waals surface area contributed by atoms with Gasteiger partial charge >= 0.3 is 0 Å².